The van der Waals surface area contributed by atoms with E-state index in [-0.39, 0.29) is 5.91 Å². The van der Waals surface area contributed by atoms with Gasteiger partial charge in [0.1, 0.15) is 0 Å². The maximum atomic E-state index is 12.1. The number of carbonyl (C=O) groups is 2. The molecule has 0 radical (unpaired) electrons. The zero-order valence-corrected chi connectivity index (χ0v) is 14.2. The third kappa shape index (κ3) is 4.59. The van der Waals surface area contributed by atoms with Crippen LogP contribution >= 0.6 is 0 Å². The first-order chi connectivity index (χ1) is 11.5. The Morgan fingerprint density at radius 3 is 2.50 bits per heavy atom. The fraction of sp³-hybridized carbons (Fsp3) is 0.263. The minimum absolute atomic E-state index is 0.0787. The van der Waals surface area contributed by atoms with Gasteiger partial charge in [-0.25, -0.2) is 4.79 Å². The normalized spacial score (nSPS) is 10.1. The lowest BCUT2D eigenvalue weighted by Crippen LogP contribution is -2.17. The molecule has 0 spiro atoms. The highest BCUT2D eigenvalue weighted by Crippen LogP contribution is 2.17. The number of amides is 1. The van der Waals surface area contributed by atoms with Gasteiger partial charge in [-0.15, -0.1) is 0 Å². The van der Waals surface area contributed by atoms with Crippen LogP contribution in [0.2, 0.25) is 0 Å². The van der Waals surface area contributed by atoms with E-state index in [2.05, 4.69) is 10.6 Å². The van der Waals surface area contributed by atoms with Crippen molar-refractivity contribution in [2.45, 2.75) is 20.3 Å². The number of ether oxygens (including phenoxy) is 1. The van der Waals surface area contributed by atoms with Gasteiger partial charge in [0, 0.05) is 24.3 Å². The van der Waals surface area contributed by atoms with Crippen molar-refractivity contribution in [1.82, 2.24) is 0 Å². The maximum absolute atomic E-state index is 12.1. The van der Waals surface area contributed by atoms with Crippen molar-refractivity contribution in [3.8, 4) is 0 Å². The zero-order valence-electron chi connectivity index (χ0n) is 14.2. The molecule has 0 bridgehead atoms. The van der Waals surface area contributed by atoms with Crippen molar-refractivity contribution < 1.29 is 14.3 Å². The first kappa shape index (κ1) is 17.5. The minimum atomic E-state index is -0.405. The van der Waals surface area contributed by atoms with Crippen molar-refractivity contribution in [1.29, 1.82) is 0 Å². The van der Waals surface area contributed by atoms with Gasteiger partial charge in [0.25, 0.3) is 0 Å². The van der Waals surface area contributed by atoms with Gasteiger partial charge in [-0.2, -0.15) is 0 Å². The van der Waals surface area contributed by atoms with Crippen molar-refractivity contribution in [3.63, 3.8) is 0 Å². The summed E-state index contributed by atoms with van der Waals surface area (Å²) in [7, 11) is 1.34. The number of aryl methyl sites for hydroxylation is 2. The van der Waals surface area contributed by atoms with Gasteiger partial charge in [0.15, 0.2) is 0 Å². The number of nitrogens with one attached hydrogen (secondary N) is 2. The number of methoxy groups -OCH3 is 1. The molecule has 0 atom stereocenters. The molecule has 0 saturated carbocycles. The zero-order chi connectivity index (χ0) is 17.5. The molecule has 2 aromatic rings. The average molecular weight is 326 g/mol. The van der Waals surface area contributed by atoms with Crippen molar-refractivity contribution in [3.05, 3.63) is 59.2 Å². The van der Waals surface area contributed by atoms with Gasteiger partial charge in [-0.3, -0.25) is 4.79 Å². The molecule has 0 aliphatic carbocycles. The molecule has 1 amide bonds. The molecule has 2 N–H and O–H groups in total. The van der Waals surface area contributed by atoms with Crippen LogP contribution in [-0.2, 0) is 9.53 Å². The monoisotopic (exact) mass is 326 g/mol. The van der Waals surface area contributed by atoms with Gasteiger partial charge in [0.05, 0.1) is 12.7 Å². The number of hydrogen-bond donors (Lipinski definition) is 2. The summed E-state index contributed by atoms with van der Waals surface area (Å²) in [5, 5.41) is 6.01. The first-order valence-electron chi connectivity index (χ1n) is 7.79. The lowest BCUT2D eigenvalue weighted by Gasteiger charge is -2.12. The van der Waals surface area contributed by atoms with E-state index in [4.69, 9.17) is 4.74 Å². The highest BCUT2D eigenvalue weighted by Gasteiger charge is 2.11. The summed E-state index contributed by atoms with van der Waals surface area (Å²) < 4.78 is 4.75. The van der Waals surface area contributed by atoms with Crippen LogP contribution in [0.15, 0.2) is 42.5 Å². The topological polar surface area (TPSA) is 67.4 Å². The molecular weight excluding hydrogens is 304 g/mol. The smallest absolute Gasteiger partial charge is 0.339 e. The van der Waals surface area contributed by atoms with E-state index in [9.17, 15) is 9.59 Å². The molecule has 0 aromatic heterocycles. The predicted molar refractivity (Wildman–Crippen MR) is 95.4 cm³/mol. The third-order valence-electron chi connectivity index (χ3n) is 3.66. The number of hydrogen-bond acceptors (Lipinski definition) is 4. The largest absolute Gasteiger partial charge is 0.465 e. The van der Waals surface area contributed by atoms with E-state index in [0.29, 0.717) is 24.2 Å². The number of para-hydroxylation sites is 1. The molecule has 0 aliphatic heterocycles. The molecular formula is C19H22N2O3. The Bertz CT molecular complexity index is 741. The second kappa shape index (κ2) is 8.15. The van der Waals surface area contributed by atoms with Crippen molar-refractivity contribution >= 4 is 23.3 Å². The highest BCUT2D eigenvalue weighted by atomic mass is 16.5. The molecule has 126 valence electrons. The van der Waals surface area contributed by atoms with E-state index in [1.807, 2.05) is 38.1 Å². The van der Waals surface area contributed by atoms with Gasteiger partial charge < -0.3 is 15.4 Å². The fourth-order valence-electron chi connectivity index (χ4n) is 2.40. The molecule has 24 heavy (non-hydrogen) atoms. The Hall–Kier alpha value is -2.82. The van der Waals surface area contributed by atoms with Crippen LogP contribution in [0.4, 0.5) is 11.4 Å². The van der Waals surface area contributed by atoms with E-state index in [1.54, 1.807) is 18.2 Å². The van der Waals surface area contributed by atoms with Crippen molar-refractivity contribution in [2.75, 3.05) is 24.3 Å². The minimum Gasteiger partial charge on any atom is -0.465 e. The quantitative estimate of drug-likeness (QED) is 0.797. The molecule has 2 rings (SSSR count). The average Bonchev–Trinajstić information content (AvgIpc) is 2.57. The lowest BCUT2D eigenvalue weighted by molar-refractivity contribution is -0.115. The third-order valence-corrected chi connectivity index (χ3v) is 3.66. The Kier molecular flexibility index (Phi) is 5.95. The van der Waals surface area contributed by atoms with Crippen LogP contribution in [0.5, 0.6) is 0 Å². The molecule has 2 aromatic carbocycles. The maximum Gasteiger partial charge on any atom is 0.339 e. The van der Waals surface area contributed by atoms with Gasteiger partial charge >= 0.3 is 5.97 Å². The predicted octanol–water partition coefficient (Wildman–Crippen LogP) is 3.53. The van der Waals surface area contributed by atoms with E-state index in [1.165, 1.54) is 7.11 Å². The fourth-order valence-corrected chi connectivity index (χ4v) is 2.40. The van der Waals surface area contributed by atoms with Gasteiger partial charge in [-0.05, 0) is 37.6 Å². The summed E-state index contributed by atoms with van der Waals surface area (Å²) in [5.74, 6) is -0.483. The number of esters is 1. The number of rotatable bonds is 6. The lowest BCUT2D eigenvalue weighted by atomic mass is 10.1. The summed E-state index contributed by atoms with van der Waals surface area (Å²) >= 11 is 0. The van der Waals surface area contributed by atoms with Gasteiger partial charge in [-0.1, -0.05) is 29.8 Å². The SMILES string of the molecule is COC(=O)c1ccccc1NCCC(=O)Nc1ccc(C)cc1C. The van der Waals surface area contributed by atoms with Crippen LogP contribution in [0.1, 0.15) is 27.9 Å². The highest BCUT2D eigenvalue weighted by molar-refractivity contribution is 5.96. The van der Waals surface area contributed by atoms with Crippen molar-refractivity contribution in [2.24, 2.45) is 0 Å². The number of anilines is 2. The number of carbonyl (C=O) groups excluding carboxylic acids is 2. The summed E-state index contributed by atoms with van der Waals surface area (Å²) in [4.78, 5) is 23.8. The molecule has 5 heteroatoms. The molecule has 0 aliphatic rings. The molecule has 0 fully saturated rings. The standard InChI is InChI=1S/C19H22N2O3/c1-13-8-9-16(14(2)12-13)21-18(22)10-11-20-17-7-5-4-6-15(17)19(23)24-3/h4-9,12,20H,10-11H2,1-3H3,(H,21,22). The first-order valence-corrected chi connectivity index (χ1v) is 7.79. The Morgan fingerprint density at radius 2 is 1.79 bits per heavy atom. The Labute approximate surface area is 142 Å². The van der Waals surface area contributed by atoms with Crippen LogP contribution in [0.25, 0.3) is 0 Å². The second-order valence-corrected chi connectivity index (χ2v) is 5.58. The van der Waals surface area contributed by atoms with Gasteiger partial charge in [0.2, 0.25) is 5.91 Å². The Morgan fingerprint density at radius 1 is 1.04 bits per heavy atom. The van der Waals surface area contributed by atoms with Crippen LogP contribution in [0.3, 0.4) is 0 Å². The number of benzene rings is 2. The van der Waals surface area contributed by atoms with Crippen LogP contribution in [0, 0.1) is 13.8 Å². The Balaban J connectivity index is 1.90. The van der Waals surface area contributed by atoms with Crippen LogP contribution < -0.4 is 10.6 Å². The van der Waals surface area contributed by atoms with E-state index < -0.39 is 5.97 Å². The summed E-state index contributed by atoms with van der Waals surface area (Å²) in [6.45, 7) is 4.40. The van der Waals surface area contributed by atoms with Crippen LogP contribution in [-0.4, -0.2) is 25.5 Å². The van der Waals surface area contributed by atoms with E-state index in [0.717, 1.165) is 16.8 Å². The summed E-state index contributed by atoms with van der Waals surface area (Å²) in [6, 6.07) is 13.0. The summed E-state index contributed by atoms with van der Waals surface area (Å²) in [5.41, 5.74) is 4.12. The van der Waals surface area contributed by atoms with E-state index >= 15 is 0 Å². The molecule has 5 nitrogen and oxygen atoms in total. The molecule has 0 saturated heterocycles. The summed E-state index contributed by atoms with van der Waals surface area (Å²) in [6.07, 6.45) is 0.294. The molecule has 0 unspecified atom stereocenters. The second-order valence-electron chi connectivity index (χ2n) is 5.58. The molecule has 0 heterocycles.